The van der Waals surface area contributed by atoms with Crippen LogP contribution in [-0.4, -0.2) is 11.7 Å². The molecule has 1 aliphatic heterocycles. The van der Waals surface area contributed by atoms with Gasteiger partial charge in [0.15, 0.2) is 11.6 Å². The van der Waals surface area contributed by atoms with E-state index in [-0.39, 0.29) is 12.1 Å². The third-order valence-corrected chi connectivity index (χ3v) is 2.64. The third-order valence-electron chi connectivity index (χ3n) is 2.01. The minimum atomic E-state index is -0.976. The lowest BCUT2D eigenvalue weighted by molar-refractivity contribution is 0.194. The van der Waals surface area contributed by atoms with Crippen LogP contribution in [0.2, 0.25) is 0 Å². The van der Waals surface area contributed by atoms with E-state index in [1.54, 1.807) is 0 Å². The van der Waals surface area contributed by atoms with Crippen LogP contribution in [0.1, 0.15) is 11.7 Å². The van der Waals surface area contributed by atoms with Crippen LogP contribution < -0.4 is 5.32 Å². The highest BCUT2D eigenvalue weighted by atomic mass is 79.9. The van der Waals surface area contributed by atoms with Crippen molar-refractivity contribution in [2.24, 2.45) is 0 Å². The SMILES string of the molecule is O[C@@H]1CNc2c(Br)cc(F)c(F)c21. The monoisotopic (exact) mass is 249 g/mol. The van der Waals surface area contributed by atoms with E-state index < -0.39 is 17.7 Å². The first-order chi connectivity index (χ1) is 6.11. The second-order valence-corrected chi connectivity index (χ2v) is 3.69. The molecule has 0 aromatic heterocycles. The summed E-state index contributed by atoms with van der Waals surface area (Å²) in [4.78, 5) is 0. The molecule has 2 rings (SSSR count). The van der Waals surface area contributed by atoms with Gasteiger partial charge in [-0.05, 0) is 22.0 Å². The van der Waals surface area contributed by atoms with Crippen LogP contribution in [0.15, 0.2) is 10.5 Å². The molecular formula is C8H6BrF2NO. The number of aliphatic hydroxyl groups is 1. The van der Waals surface area contributed by atoms with Crippen LogP contribution in [0.5, 0.6) is 0 Å². The molecule has 0 radical (unpaired) electrons. The van der Waals surface area contributed by atoms with Gasteiger partial charge in [0.1, 0.15) is 6.10 Å². The van der Waals surface area contributed by atoms with Crippen molar-refractivity contribution in [2.75, 3.05) is 11.9 Å². The summed E-state index contributed by atoms with van der Waals surface area (Å²) in [7, 11) is 0. The first-order valence-electron chi connectivity index (χ1n) is 3.70. The summed E-state index contributed by atoms with van der Waals surface area (Å²) in [5.41, 5.74) is 0.443. The molecule has 1 aliphatic rings. The molecule has 0 fully saturated rings. The zero-order chi connectivity index (χ0) is 9.59. The molecule has 1 aromatic carbocycles. The number of anilines is 1. The van der Waals surface area contributed by atoms with Crippen molar-refractivity contribution in [1.29, 1.82) is 0 Å². The molecule has 0 saturated carbocycles. The van der Waals surface area contributed by atoms with Gasteiger partial charge in [-0.15, -0.1) is 0 Å². The summed E-state index contributed by atoms with van der Waals surface area (Å²) < 4.78 is 26.4. The summed E-state index contributed by atoms with van der Waals surface area (Å²) in [6.07, 6.45) is -0.970. The van der Waals surface area contributed by atoms with Gasteiger partial charge in [0.2, 0.25) is 0 Å². The van der Waals surface area contributed by atoms with Gasteiger partial charge in [-0.25, -0.2) is 8.78 Å². The third kappa shape index (κ3) is 1.23. The highest BCUT2D eigenvalue weighted by molar-refractivity contribution is 9.10. The Hall–Kier alpha value is -0.680. The van der Waals surface area contributed by atoms with Crippen LogP contribution in [0.25, 0.3) is 0 Å². The van der Waals surface area contributed by atoms with Gasteiger partial charge in [-0.1, -0.05) is 0 Å². The molecule has 5 heteroatoms. The first-order valence-corrected chi connectivity index (χ1v) is 4.50. The second kappa shape index (κ2) is 2.92. The molecular weight excluding hydrogens is 244 g/mol. The van der Waals surface area contributed by atoms with Crippen molar-refractivity contribution in [3.63, 3.8) is 0 Å². The zero-order valence-corrected chi connectivity index (χ0v) is 8.03. The molecule has 0 spiro atoms. The van der Waals surface area contributed by atoms with E-state index >= 15 is 0 Å². The van der Waals surface area contributed by atoms with E-state index in [1.165, 1.54) is 0 Å². The fourth-order valence-corrected chi connectivity index (χ4v) is 1.96. The maximum Gasteiger partial charge on any atom is 0.166 e. The van der Waals surface area contributed by atoms with E-state index in [0.29, 0.717) is 10.2 Å². The van der Waals surface area contributed by atoms with E-state index in [1.807, 2.05) is 0 Å². The molecule has 0 aliphatic carbocycles. The smallest absolute Gasteiger partial charge is 0.166 e. The Kier molecular flexibility index (Phi) is 2.00. The minimum Gasteiger partial charge on any atom is -0.386 e. The van der Waals surface area contributed by atoms with E-state index in [4.69, 9.17) is 0 Å². The number of fused-ring (bicyclic) bond motifs is 1. The normalized spacial score (nSPS) is 19.8. The lowest BCUT2D eigenvalue weighted by atomic mass is 10.1. The molecule has 1 aromatic rings. The predicted octanol–water partition coefficient (Wildman–Crippen LogP) is 2.19. The van der Waals surface area contributed by atoms with Gasteiger partial charge in [0, 0.05) is 16.6 Å². The summed E-state index contributed by atoms with van der Waals surface area (Å²) in [6.45, 7) is 0.217. The van der Waals surface area contributed by atoms with Gasteiger partial charge < -0.3 is 10.4 Å². The first kappa shape index (κ1) is 8.90. The number of hydrogen-bond acceptors (Lipinski definition) is 2. The van der Waals surface area contributed by atoms with E-state index in [0.717, 1.165) is 6.07 Å². The summed E-state index contributed by atoms with van der Waals surface area (Å²) in [6, 6.07) is 1.04. The van der Waals surface area contributed by atoms with Crippen LogP contribution in [0.4, 0.5) is 14.5 Å². The molecule has 1 heterocycles. The Bertz CT molecular complexity index is 370. The lowest BCUT2D eigenvalue weighted by Crippen LogP contribution is -2.01. The highest BCUT2D eigenvalue weighted by Crippen LogP contribution is 2.38. The number of hydrogen-bond donors (Lipinski definition) is 2. The number of nitrogens with one attached hydrogen (secondary N) is 1. The zero-order valence-electron chi connectivity index (χ0n) is 6.44. The van der Waals surface area contributed by atoms with Crippen molar-refractivity contribution in [3.8, 4) is 0 Å². The van der Waals surface area contributed by atoms with Crippen LogP contribution in [0, 0.1) is 11.6 Å². The second-order valence-electron chi connectivity index (χ2n) is 2.84. The van der Waals surface area contributed by atoms with Gasteiger partial charge in [0.05, 0.1) is 5.69 Å². The molecule has 13 heavy (non-hydrogen) atoms. The molecule has 2 nitrogen and oxygen atoms in total. The Morgan fingerprint density at radius 2 is 2.23 bits per heavy atom. The van der Waals surface area contributed by atoms with E-state index in [2.05, 4.69) is 21.2 Å². The minimum absolute atomic E-state index is 0.00637. The van der Waals surface area contributed by atoms with Crippen molar-refractivity contribution in [2.45, 2.75) is 6.10 Å². The molecule has 1 atom stereocenters. The predicted molar refractivity (Wildman–Crippen MR) is 47.5 cm³/mol. The molecule has 0 unspecified atom stereocenters. The lowest BCUT2D eigenvalue weighted by Gasteiger charge is -2.06. The van der Waals surface area contributed by atoms with Gasteiger partial charge in [0.25, 0.3) is 0 Å². The average molecular weight is 250 g/mol. The molecule has 0 bridgehead atoms. The summed E-state index contributed by atoms with van der Waals surface area (Å²) >= 11 is 3.08. The van der Waals surface area contributed by atoms with Gasteiger partial charge >= 0.3 is 0 Å². The van der Waals surface area contributed by atoms with Crippen molar-refractivity contribution >= 4 is 21.6 Å². The number of β-amino-alcohol motifs (C(OH)–C–C–N with tert-alkyl or cyclic N) is 1. The van der Waals surface area contributed by atoms with Crippen LogP contribution in [0.3, 0.4) is 0 Å². The Balaban J connectivity index is 2.70. The highest BCUT2D eigenvalue weighted by Gasteiger charge is 2.28. The Morgan fingerprint density at radius 3 is 2.92 bits per heavy atom. The fraction of sp³-hybridized carbons (Fsp3) is 0.250. The van der Waals surface area contributed by atoms with Crippen LogP contribution in [-0.2, 0) is 0 Å². The Labute approximate surface area is 81.7 Å². The fourth-order valence-electron chi connectivity index (χ4n) is 1.41. The number of rotatable bonds is 0. The summed E-state index contributed by atoms with van der Waals surface area (Å²) in [5, 5.41) is 12.1. The van der Waals surface area contributed by atoms with E-state index in [9.17, 15) is 13.9 Å². The van der Waals surface area contributed by atoms with Crippen molar-refractivity contribution in [1.82, 2.24) is 0 Å². The number of aliphatic hydroxyl groups excluding tert-OH is 1. The van der Waals surface area contributed by atoms with Gasteiger partial charge in [-0.2, -0.15) is 0 Å². The van der Waals surface area contributed by atoms with Crippen molar-refractivity contribution in [3.05, 3.63) is 27.7 Å². The maximum atomic E-state index is 13.1. The van der Waals surface area contributed by atoms with Crippen LogP contribution >= 0.6 is 15.9 Å². The average Bonchev–Trinajstić information content (AvgIpc) is 2.44. The molecule has 70 valence electrons. The topological polar surface area (TPSA) is 32.3 Å². The number of halogens is 3. The molecule has 0 saturated heterocycles. The van der Waals surface area contributed by atoms with Crippen molar-refractivity contribution < 1.29 is 13.9 Å². The molecule has 2 N–H and O–H groups in total. The summed E-state index contributed by atoms with van der Waals surface area (Å²) in [5.74, 6) is -1.93. The maximum absolute atomic E-state index is 13.1. The Morgan fingerprint density at radius 1 is 1.54 bits per heavy atom. The quantitative estimate of drug-likeness (QED) is 0.691. The molecule has 0 amide bonds. The largest absolute Gasteiger partial charge is 0.386 e. The number of benzene rings is 1. The van der Waals surface area contributed by atoms with Gasteiger partial charge in [-0.3, -0.25) is 0 Å². The standard InChI is InChI=1S/C8H6BrF2NO/c9-3-1-4(10)7(11)6-5(13)2-12-8(3)6/h1,5,12-13H,2H2/t5-/m1/s1.